The van der Waals surface area contributed by atoms with E-state index in [9.17, 15) is 14.4 Å². The van der Waals surface area contributed by atoms with Gasteiger partial charge in [-0.2, -0.15) is 0 Å². The molecule has 1 spiro atoms. The number of rotatable bonds is 11. The number of carbonyl (C=O) groups excluding carboxylic acids is 3. The number of methoxy groups -OCH3 is 2. The Morgan fingerprint density at radius 2 is 1.51 bits per heavy atom. The van der Waals surface area contributed by atoms with Crippen molar-refractivity contribution >= 4 is 41.0 Å². The van der Waals surface area contributed by atoms with Gasteiger partial charge in [0.15, 0.2) is 0 Å². The van der Waals surface area contributed by atoms with Crippen molar-refractivity contribution in [1.82, 2.24) is 46.1 Å². The Labute approximate surface area is 303 Å². The van der Waals surface area contributed by atoms with E-state index in [0.717, 1.165) is 6.42 Å². The molecule has 2 atom stereocenters. The van der Waals surface area contributed by atoms with E-state index in [1.165, 1.54) is 7.11 Å². The zero-order valence-electron chi connectivity index (χ0n) is 27.9. The molecule has 3 fully saturated rings. The first-order valence-corrected chi connectivity index (χ1v) is 17.2. The quantitative estimate of drug-likeness (QED) is 0.166. The van der Waals surface area contributed by atoms with Gasteiger partial charge in [-0.25, -0.2) is 14.8 Å². The van der Waals surface area contributed by atoms with Crippen molar-refractivity contribution in [3.8, 4) is 45.4 Å². The van der Waals surface area contributed by atoms with Gasteiger partial charge in [0.05, 0.1) is 48.0 Å². The lowest BCUT2D eigenvalue weighted by molar-refractivity contribution is -0.123. The smallest absolute Gasteiger partial charge is 0.322 e. The maximum atomic E-state index is 12.4. The first-order valence-electron chi connectivity index (χ1n) is 16.4. The number of halogens is 2. The Bertz CT molecular complexity index is 2030. The SMILES string of the molecule is COc1nc(-c2cccc(-c3cccc(-c4cnc(CN5CCC6(C5)NC(=O)NC6=O)c(OC)n4)c3Cl)c2Cl)cnc1CNCC1CCC(=O)N1. The van der Waals surface area contributed by atoms with Crippen LogP contribution in [0.5, 0.6) is 11.8 Å². The molecule has 4 N–H and O–H groups in total. The number of hydrogen-bond acceptors (Lipinski definition) is 11. The number of nitrogens with one attached hydrogen (secondary N) is 4. The molecule has 2 aromatic heterocycles. The Balaban J connectivity index is 1.10. The predicted molar refractivity (Wildman–Crippen MR) is 189 cm³/mol. The van der Waals surface area contributed by atoms with E-state index in [2.05, 4.69) is 31.2 Å². The fraction of sp³-hybridized carbons (Fsp3) is 0.343. The highest BCUT2D eigenvalue weighted by Crippen LogP contribution is 2.42. The van der Waals surface area contributed by atoms with Crippen LogP contribution >= 0.6 is 23.2 Å². The minimum absolute atomic E-state index is 0.0720. The minimum atomic E-state index is -0.930. The molecule has 2 aromatic carbocycles. The van der Waals surface area contributed by atoms with Crippen molar-refractivity contribution < 1.29 is 23.9 Å². The lowest BCUT2D eigenvalue weighted by atomic mass is 9.98. The summed E-state index contributed by atoms with van der Waals surface area (Å²) in [5.74, 6) is 0.452. The molecule has 2 unspecified atom stereocenters. The van der Waals surface area contributed by atoms with Crippen molar-refractivity contribution in [2.45, 2.75) is 43.9 Å². The van der Waals surface area contributed by atoms with Gasteiger partial charge >= 0.3 is 6.03 Å². The zero-order chi connectivity index (χ0) is 35.7. The molecule has 5 heterocycles. The maximum absolute atomic E-state index is 12.4. The van der Waals surface area contributed by atoms with Crippen LogP contribution in [0.25, 0.3) is 33.6 Å². The summed E-state index contributed by atoms with van der Waals surface area (Å²) in [6, 6.07) is 10.8. The van der Waals surface area contributed by atoms with Gasteiger partial charge in [0.25, 0.3) is 5.91 Å². The third-order valence-electron chi connectivity index (χ3n) is 9.35. The molecular formula is C35H35Cl2N9O5. The van der Waals surface area contributed by atoms with E-state index in [1.54, 1.807) is 19.5 Å². The van der Waals surface area contributed by atoms with Crippen molar-refractivity contribution in [1.29, 1.82) is 0 Å². The second kappa shape index (κ2) is 14.4. The molecule has 0 aliphatic carbocycles. The fourth-order valence-electron chi connectivity index (χ4n) is 6.73. The highest BCUT2D eigenvalue weighted by molar-refractivity contribution is 6.39. The summed E-state index contributed by atoms with van der Waals surface area (Å²) < 4.78 is 11.2. The maximum Gasteiger partial charge on any atom is 0.322 e. The summed E-state index contributed by atoms with van der Waals surface area (Å²) in [7, 11) is 3.06. The summed E-state index contributed by atoms with van der Waals surface area (Å²) in [4.78, 5) is 56.4. The normalized spacial score (nSPS) is 20.1. The van der Waals surface area contributed by atoms with Crippen LogP contribution in [0.15, 0.2) is 48.8 Å². The average Bonchev–Trinajstić information content (AvgIpc) is 3.82. The van der Waals surface area contributed by atoms with Crippen molar-refractivity contribution in [3.63, 3.8) is 0 Å². The largest absolute Gasteiger partial charge is 0.480 e. The van der Waals surface area contributed by atoms with Crippen LogP contribution in [0.3, 0.4) is 0 Å². The molecule has 3 aliphatic rings. The molecule has 16 heteroatoms. The molecular weight excluding hydrogens is 697 g/mol. The van der Waals surface area contributed by atoms with E-state index in [4.69, 9.17) is 42.6 Å². The number of imide groups is 1. The van der Waals surface area contributed by atoms with Crippen LogP contribution in [-0.4, -0.2) is 88.1 Å². The second-order valence-corrected chi connectivity index (χ2v) is 13.4. The molecule has 4 aromatic rings. The van der Waals surface area contributed by atoms with Crippen LogP contribution < -0.4 is 30.7 Å². The van der Waals surface area contributed by atoms with Gasteiger partial charge in [0, 0.05) is 67.4 Å². The van der Waals surface area contributed by atoms with Crippen molar-refractivity contribution in [2.75, 3.05) is 33.9 Å². The molecule has 264 valence electrons. The number of urea groups is 1. The predicted octanol–water partition coefficient (Wildman–Crippen LogP) is 3.74. The number of aromatic nitrogens is 4. The molecule has 7 rings (SSSR count). The number of hydrogen-bond donors (Lipinski definition) is 4. The summed E-state index contributed by atoms with van der Waals surface area (Å²) in [5.41, 5.74) is 3.99. The Morgan fingerprint density at radius 3 is 2.08 bits per heavy atom. The molecule has 14 nitrogen and oxygen atoms in total. The summed E-state index contributed by atoms with van der Waals surface area (Å²) in [6.07, 6.45) is 5.14. The highest BCUT2D eigenvalue weighted by atomic mass is 35.5. The van der Waals surface area contributed by atoms with Gasteiger partial charge < -0.3 is 25.4 Å². The molecule has 0 radical (unpaired) electrons. The zero-order valence-corrected chi connectivity index (χ0v) is 29.4. The summed E-state index contributed by atoms with van der Waals surface area (Å²) in [6.45, 7) is 2.37. The molecule has 51 heavy (non-hydrogen) atoms. The number of ether oxygens (including phenoxy) is 2. The summed E-state index contributed by atoms with van der Waals surface area (Å²) in [5, 5.41) is 12.2. The minimum Gasteiger partial charge on any atom is -0.480 e. The van der Waals surface area contributed by atoms with Gasteiger partial charge in [-0.15, -0.1) is 0 Å². The molecule has 3 saturated heterocycles. The van der Waals surface area contributed by atoms with Crippen LogP contribution in [0.2, 0.25) is 10.0 Å². The lowest BCUT2D eigenvalue weighted by Gasteiger charge is -2.21. The Hall–Kier alpha value is -4.89. The van der Waals surface area contributed by atoms with Gasteiger partial charge in [0.1, 0.15) is 16.9 Å². The van der Waals surface area contributed by atoms with E-state index in [-0.39, 0.29) is 17.9 Å². The van der Waals surface area contributed by atoms with E-state index >= 15 is 0 Å². The van der Waals surface area contributed by atoms with Crippen molar-refractivity contribution in [2.24, 2.45) is 0 Å². The second-order valence-electron chi connectivity index (χ2n) is 12.6. The molecule has 0 saturated carbocycles. The number of carbonyl (C=O) groups is 3. The van der Waals surface area contributed by atoms with Gasteiger partial charge in [-0.05, 0) is 12.8 Å². The first kappa shape index (κ1) is 34.6. The summed E-state index contributed by atoms with van der Waals surface area (Å²) >= 11 is 14.1. The fourth-order valence-corrected chi connectivity index (χ4v) is 7.38. The molecule has 0 bridgehead atoms. The number of likely N-dealkylation sites (tertiary alicyclic amines) is 1. The van der Waals surface area contributed by atoms with Crippen LogP contribution in [0, 0.1) is 0 Å². The Morgan fingerprint density at radius 1 is 0.902 bits per heavy atom. The van der Waals surface area contributed by atoms with Crippen LogP contribution in [0.4, 0.5) is 4.79 Å². The van der Waals surface area contributed by atoms with Crippen LogP contribution in [0.1, 0.15) is 30.7 Å². The third-order valence-corrected chi connectivity index (χ3v) is 10.2. The standard InChI is InChI=1S/C35H35Cl2N9O5/c1-50-31-26(14-38-13-19-9-10-28(47)41-19)39-15-24(42-31)22-7-3-5-20(29(22)36)21-6-4-8-23(30(21)37)25-16-40-27(32(43-25)51-2)17-46-12-11-35(18-46)33(48)44-34(49)45-35/h3-8,15-16,19,38H,9-14,17-18H2,1-2H3,(H,41,47)(H2,44,45,48,49). The average molecular weight is 733 g/mol. The van der Waals surface area contributed by atoms with E-state index in [1.807, 2.05) is 41.3 Å². The van der Waals surface area contributed by atoms with Crippen LogP contribution in [-0.2, 0) is 22.7 Å². The lowest BCUT2D eigenvalue weighted by Crippen LogP contribution is -2.48. The third kappa shape index (κ3) is 6.91. The molecule has 4 amide bonds. The topological polar surface area (TPSA) is 173 Å². The first-order chi connectivity index (χ1) is 24.7. The number of benzene rings is 2. The van der Waals surface area contributed by atoms with Gasteiger partial charge in [0.2, 0.25) is 17.7 Å². The molecule has 3 aliphatic heterocycles. The Kier molecular flexibility index (Phi) is 9.75. The van der Waals surface area contributed by atoms with Gasteiger partial charge in [-0.3, -0.25) is 29.8 Å². The highest BCUT2D eigenvalue weighted by Gasteiger charge is 2.50. The van der Waals surface area contributed by atoms with Crippen molar-refractivity contribution in [3.05, 3.63) is 70.2 Å². The van der Waals surface area contributed by atoms with E-state index in [0.29, 0.717) is 112 Å². The van der Waals surface area contributed by atoms with E-state index < -0.39 is 11.6 Å². The number of nitrogens with zero attached hydrogens (tertiary/aromatic N) is 5. The monoisotopic (exact) mass is 731 g/mol. The van der Waals surface area contributed by atoms with Gasteiger partial charge in [-0.1, -0.05) is 59.6 Å². The number of amides is 4.